The maximum absolute atomic E-state index is 12.9. The van der Waals surface area contributed by atoms with Crippen molar-refractivity contribution in [3.05, 3.63) is 85.1 Å². The molecule has 0 spiro atoms. The summed E-state index contributed by atoms with van der Waals surface area (Å²) in [6.07, 6.45) is 80.0. The van der Waals surface area contributed by atoms with Gasteiger partial charge in [-0.15, -0.1) is 0 Å². The van der Waals surface area contributed by atoms with Crippen LogP contribution in [0.5, 0.6) is 0 Å². The zero-order valence-corrected chi connectivity index (χ0v) is 48.1. The first-order valence-electron chi connectivity index (χ1n) is 31.1. The average molecular weight is 1020 g/mol. The molecule has 1 atom stereocenters. The van der Waals surface area contributed by atoms with Crippen molar-refractivity contribution >= 4 is 17.9 Å². The van der Waals surface area contributed by atoms with Crippen LogP contribution in [0.4, 0.5) is 0 Å². The lowest BCUT2D eigenvalue weighted by molar-refractivity contribution is -0.167. The minimum absolute atomic E-state index is 0.0863. The van der Waals surface area contributed by atoms with Crippen LogP contribution in [0.2, 0.25) is 0 Å². The third-order valence-electron chi connectivity index (χ3n) is 13.3. The molecule has 0 aromatic heterocycles. The molecule has 0 aromatic carbocycles. The number of carbonyl (C=O) groups excluding carboxylic acids is 3. The van der Waals surface area contributed by atoms with Crippen molar-refractivity contribution < 1.29 is 28.6 Å². The molecule has 0 aliphatic rings. The Morgan fingerprint density at radius 2 is 0.521 bits per heavy atom. The molecule has 0 bridgehead atoms. The van der Waals surface area contributed by atoms with Gasteiger partial charge in [-0.3, -0.25) is 14.4 Å². The number of carbonyl (C=O) groups is 3. The maximum Gasteiger partial charge on any atom is 0.306 e. The second-order valence-corrected chi connectivity index (χ2v) is 20.6. The van der Waals surface area contributed by atoms with Crippen LogP contribution in [0.15, 0.2) is 85.1 Å². The van der Waals surface area contributed by atoms with Crippen LogP contribution in [0, 0.1) is 0 Å². The summed E-state index contributed by atoms with van der Waals surface area (Å²) in [7, 11) is 0. The normalized spacial score (nSPS) is 12.6. The highest BCUT2D eigenvalue weighted by Crippen LogP contribution is 2.15. The molecule has 6 heteroatoms. The Balaban J connectivity index is 4.36. The van der Waals surface area contributed by atoms with Gasteiger partial charge >= 0.3 is 17.9 Å². The molecule has 0 radical (unpaired) electrons. The first kappa shape index (κ1) is 69.6. The lowest BCUT2D eigenvalue weighted by Crippen LogP contribution is -2.30. The van der Waals surface area contributed by atoms with Crippen LogP contribution in [-0.2, 0) is 28.6 Å². The topological polar surface area (TPSA) is 78.9 Å². The number of rotatable bonds is 56. The maximum atomic E-state index is 12.9. The highest BCUT2D eigenvalue weighted by atomic mass is 16.6. The van der Waals surface area contributed by atoms with Gasteiger partial charge in [0.25, 0.3) is 0 Å². The minimum Gasteiger partial charge on any atom is -0.462 e. The molecular weight excluding hydrogens is 901 g/mol. The predicted molar refractivity (Wildman–Crippen MR) is 316 cm³/mol. The molecule has 0 amide bonds. The molecule has 0 heterocycles. The Bertz CT molecular complexity index is 1400. The Morgan fingerprint density at radius 1 is 0.274 bits per heavy atom. The first-order valence-corrected chi connectivity index (χ1v) is 31.1. The number of esters is 3. The molecule has 0 saturated carbocycles. The molecule has 1 unspecified atom stereocenters. The summed E-state index contributed by atoms with van der Waals surface area (Å²) in [6.45, 7) is 6.54. The third-order valence-corrected chi connectivity index (χ3v) is 13.3. The van der Waals surface area contributed by atoms with Crippen molar-refractivity contribution in [2.75, 3.05) is 13.2 Å². The molecule has 0 rings (SSSR count). The molecule has 0 N–H and O–H groups in total. The fourth-order valence-electron chi connectivity index (χ4n) is 8.64. The van der Waals surface area contributed by atoms with E-state index >= 15 is 0 Å². The smallest absolute Gasteiger partial charge is 0.306 e. The van der Waals surface area contributed by atoms with Gasteiger partial charge in [-0.2, -0.15) is 0 Å². The van der Waals surface area contributed by atoms with Crippen molar-refractivity contribution in [3.8, 4) is 0 Å². The zero-order chi connectivity index (χ0) is 52.9. The molecule has 0 fully saturated rings. The van der Waals surface area contributed by atoms with Gasteiger partial charge in [-0.25, -0.2) is 0 Å². The van der Waals surface area contributed by atoms with Gasteiger partial charge in [-0.05, 0) is 116 Å². The highest BCUT2D eigenvalue weighted by molar-refractivity contribution is 5.71. The number of unbranched alkanes of at least 4 members (excludes halogenated alkanes) is 31. The second kappa shape index (κ2) is 61.1. The number of hydrogen-bond acceptors (Lipinski definition) is 6. The predicted octanol–water partition coefficient (Wildman–Crippen LogP) is 21.1. The van der Waals surface area contributed by atoms with E-state index in [1.54, 1.807) is 0 Å². The van der Waals surface area contributed by atoms with Crippen LogP contribution >= 0.6 is 0 Å². The van der Waals surface area contributed by atoms with E-state index < -0.39 is 6.10 Å². The van der Waals surface area contributed by atoms with Crippen molar-refractivity contribution in [1.82, 2.24) is 0 Å². The Labute approximate surface area is 452 Å². The summed E-state index contributed by atoms with van der Waals surface area (Å²) in [5.74, 6) is -0.903. The van der Waals surface area contributed by atoms with Gasteiger partial charge in [0.05, 0.1) is 0 Å². The number of hydrogen-bond donors (Lipinski definition) is 0. The molecule has 73 heavy (non-hydrogen) atoms. The van der Waals surface area contributed by atoms with E-state index in [9.17, 15) is 14.4 Å². The minimum atomic E-state index is -0.789. The quantitative estimate of drug-likeness (QED) is 0.0261. The number of allylic oxidation sites excluding steroid dienone is 14. The Hall–Kier alpha value is -3.41. The SMILES string of the molecule is CCC/C=C\C/C=C\CCCCCCCC(=O)OCC(COC(=O)CCCCCCCCCC/C=C\C/C=C\C/C=C\CCCCCCC)OC(=O)CCCCCCCCCCC/C=C\C/C=C\CCCCC. The zero-order valence-electron chi connectivity index (χ0n) is 48.1. The van der Waals surface area contributed by atoms with Crippen LogP contribution in [0.1, 0.15) is 303 Å². The summed E-state index contributed by atoms with van der Waals surface area (Å²) >= 11 is 0. The molecule has 0 aliphatic heterocycles. The first-order chi connectivity index (χ1) is 36.0. The summed E-state index contributed by atoms with van der Waals surface area (Å²) in [4.78, 5) is 38.3. The molecular formula is C67H116O6. The molecule has 0 aliphatic carbocycles. The molecule has 0 aromatic rings. The molecule has 0 saturated heterocycles. The van der Waals surface area contributed by atoms with Gasteiger partial charge in [0.1, 0.15) is 13.2 Å². The molecule has 420 valence electrons. The highest BCUT2D eigenvalue weighted by Gasteiger charge is 2.19. The van der Waals surface area contributed by atoms with Gasteiger partial charge in [0, 0.05) is 19.3 Å². The van der Waals surface area contributed by atoms with Crippen LogP contribution in [0.3, 0.4) is 0 Å². The summed E-state index contributed by atoms with van der Waals surface area (Å²) in [5.41, 5.74) is 0. The lowest BCUT2D eigenvalue weighted by Gasteiger charge is -2.18. The summed E-state index contributed by atoms with van der Waals surface area (Å²) < 4.78 is 16.9. The third kappa shape index (κ3) is 59.3. The number of ether oxygens (including phenoxy) is 3. The van der Waals surface area contributed by atoms with Crippen molar-refractivity contribution in [2.24, 2.45) is 0 Å². The van der Waals surface area contributed by atoms with Crippen LogP contribution < -0.4 is 0 Å². The van der Waals surface area contributed by atoms with Crippen molar-refractivity contribution in [2.45, 2.75) is 309 Å². The van der Waals surface area contributed by atoms with Crippen LogP contribution in [0.25, 0.3) is 0 Å². The largest absolute Gasteiger partial charge is 0.462 e. The van der Waals surface area contributed by atoms with Gasteiger partial charge < -0.3 is 14.2 Å². The second-order valence-electron chi connectivity index (χ2n) is 20.6. The van der Waals surface area contributed by atoms with E-state index in [1.165, 1.54) is 148 Å². The molecule has 6 nitrogen and oxygen atoms in total. The summed E-state index contributed by atoms with van der Waals surface area (Å²) in [6, 6.07) is 0. The fraction of sp³-hybridized carbons (Fsp3) is 0.746. The van der Waals surface area contributed by atoms with E-state index in [0.717, 1.165) is 116 Å². The standard InChI is InChI=1S/C67H116O6/c1-4-7-10-13-16-19-22-25-27-29-31-32-33-34-36-37-39-42-45-48-51-54-57-60-66(69)72-63-64(62-71-65(68)59-56-53-50-47-44-41-24-21-18-15-12-9-6-3)73-67(70)61-58-55-52-49-46-43-40-38-35-30-28-26-23-20-17-14-11-8-5-2/h12,15,17,20-22,24-26,28-29,31,33-34,64H,4-11,13-14,16,18-19,23,27,30,32,35-63H2,1-3H3/b15-12-,20-17-,24-21-,25-22-,28-26-,31-29-,34-33-. The van der Waals surface area contributed by atoms with E-state index in [1.807, 2.05) is 0 Å². The average Bonchev–Trinajstić information content (AvgIpc) is 3.39. The van der Waals surface area contributed by atoms with E-state index in [0.29, 0.717) is 19.3 Å². The monoisotopic (exact) mass is 1020 g/mol. The van der Waals surface area contributed by atoms with Gasteiger partial charge in [0.2, 0.25) is 0 Å². The van der Waals surface area contributed by atoms with Crippen molar-refractivity contribution in [3.63, 3.8) is 0 Å². The lowest BCUT2D eigenvalue weighted by atomic mass is 10.1. The van der Waals surface area contributed by atoms with Gasteiger partial charge in [0.15, 0.2) is 6.10 Å². The summed E-state index contributed by atoms with van der Waals surface area (Å²) in [5, 5.41) is 0. The van der Waals surface area contributed by atoms with E-state index in [-0.39, 0.29) is 31.1 Å². The Morgan fingerprint density at radius 3 is 0.849 bits per heavy atom. The van der Waals surface area contributed by atoms with Crippen LogP contribution in [-0.4, -0.2) is 37.2 Å². The van der Waals surface area contributed by atoms with Crippen molar-refractivity contribution in [1.29, 1.82) is 0 Å². The Kier molecular flexibility index (Phi) is 58.3. The van der Waals surface area contributed by atoms with E-state index in [2.05, 4.69) is 106 Å². The van der Waals surface area contributed by atoms with E-state index in [4.69, 9.17) is 14.2 Å². The fourth-order valence-corrected chi connectivity index (χ4v) is 8.64. The van der Waals surface area contributed by atoms with Gasteiger partial charge in [-0.1, -0.05) is 254 Å².